The van der Waals surface area contributed by atoms with Crippen LogP contribution in [0.25, 0.3) is 10.9 Å². The van der Waals surface area contributed by atoms with Crippen LogP contribution in [0.4, 0.5) is 4.79 Å². The third-order valence-corrected chi connectivity index (χ3v) is 3.89. The molecule has 112 valence electrons. The standard InChI is InChI=1S/C18H18N2O2/c21-18(22)20-11-9-16(13-4-2-1-3-5-13)14-6-7-17-15(12-14)8-10-19-17/h1-8,10,12,16,19-20H,9,11H2,(H,21,22). The van der Waals surface area contributed by atoms with E-state index in [4.69, 9.17) is 5.11 Å². The van der Waals surface area contributed by atoms with Crippen LogP contribution in [0.15, 0.2) is 60.8 Å². The van der Waals surface area contributed by atoms with Crippen molar-refractivity contribution < 1.29 is 9.90 Å². The van der Waals surface area contributed by atoms with E-state index < -0.39 is 6.09 Å². The Bertz CT molecular complexity index is 765. The molecule has 3 aromatic rings. The molecule has 4 nitrogen and oxygen atoms in total. The molecule has 0 aliphatic rings. The van der Waals surface area contributed by atoms with Gasteiger partial charge in [-0.3, -0.25) is 0 Å². The second-order valence-electron chi connectivity index (χ2n) is 5.31. The summed E-state index contributed by atoms with van der Waals surface area (Å²) in [5.41, 5.74) is 3.51. The van der Waals surface area contributed by atoms with Crippen LogP contribution in [0.2, 0.25) is 0 Å². The normalized spacial score (nSPS) is 12.2. The van der Waals surface area contributed by atoms with Gasteiger partial charge < -0.3 is 15.4 Å². The molecule has 0 aliphatic heterocycles. The zero-order valence-electron chi connectivity index (χ0n) is 12.1. The number of nitrogens with one attached hydrogen (secondary N) is 2. The van der Waals surface area contributed by atoms with Crippen molar-refractivity contribution in [3.05, 3.63) is 71.9 Å². The Morgan fingerprint density at radius 2 is 1.91 bits per heavy atom. The van der Waals surface area contributed by atoms with E-state index in [2.05, 4.69) is 46.7 Å². The minimum absolute atomic E-state index is 0.173. The molecule has 3 rings (SSSR count). The highest BCUT2D eigenvalue weighted by Crippen LogP contribution is 2.29. The summed E-state index contributed by atoms with van der Waals surface area (Å²) < 4.78 is 0. The van der Waals surface area contributed by atoms with Crippen LogP contribution in [0, 0.1) is 0 Å². The second kappa shape index (κ2) is 6.35. The lowest BCUT2D eigenvalue weighted by molar-refractivity contribution is 0.194. The number of fused-ring (bicyclic) bond motifs is 1. The number of rotatable bonds is 5. The lowest BCUT2D eigenvalue weighted by Gasteiger charge is -2.18. The molecule has 0 saturated carbocycles. The van der Waals surface area contributed by atoms with Crippen LogP contribution in [-0.4, -0.2) is 22.7 Å². The number of hydrogen-bond acceptors (Lipinski definition) is 1. The van der Waals surface area contributed by atoms with Gasteiger partial charge in [-0.25, -0.2) is 4.79 Å². The minimum atomic E-state index is -0.979. The lowest BCUT2D eigenvalue weighted by atomic mass is 9.88. The summed E-state index contributed by atoms with van der Waals surface area (Å²) in [5, 5.41) is 12.4. The summed E-state index contributed by atoms with van der Waals surface area (Å²) in [7, 11) is 0. The highest BCUT2D eigenvalue weighted by Gasteiger charge is 2.15. The quantitative estimate of drug-likeness (QED) is 0.667. The maximum absolute atomic E-state index is 10.7. The van der Waals surface area contributed by atoms with Crippen molar-refractivity contribution in [1.82, 2.24) is 10.3 Å². The molecule has 0 spiro atoms. The maximum Gasteiger partial charge on any atom is 0.404 e. The van der Waals surface area contributed by atoms with Crippen molar-refractivity contribution in [3.8, 4) is 0 Å². The van der Waals surface area contributed by atoms with Gasteiger partial charge in [0.25, 0.3) is 0 Å². The van der Waals surface area contributed by atoms with Gasteiger partial charge in [-0.2, -0.15) is 0 Å². The fourth-order valence-corrected chi connectivity index (χ4v) is 2.82. The molecule has 0 fully saturated rings. The van der Waals surface area contributed by atoms with Crippen molar-refractivity contribution in [2.45, 2.75) is 12.3 Å². The van der Waals surface area contributed by atoms with Gasteiger partial charge in [-0.15, -0.1) is 0 Å². The highest BCUT2D eigenvalue weighted by molar-refractivity contribution is 5.80. The van der Waals surface area contributed by atoms with E-state index in [1.54, 1.807) is 0 Å². The Kier molecular flexibility index (Phi) is 4.10. The van der Waals surface area contributed by atoms with E-state index >= 15 is 0 Å². The van der Waals surface area contributed by atoms with Gasteiger partial charge in [0.1, 0.15) is 0 Å². The van der Waals surface area contributed by atoms with Crippen LogP contribution in [0.3, 0.4) is 0 Å². The van der Waals surface area contributed by atoms with E-state index in [1.165, 1.54) is 16.5 Å². The molecule has 22 heavy (non-hydrogen) atoms. The van der Waals surface area contributed by atoms with Crippen molar-refractivity contribution >= 4 is 17.0 Å². The van der Waals surface area contributed by atoms with Gasteiger partial charge in [0.15, 0.2) is 0 Å². The predicted molar refractivity (Wildman–Crippen MR) is 87.2 cm³/mol. The number of aromatic nitrogens is 1. The monoisotopic (exact) mass is 294 g/mol. The molecule has 1 heterocycles. The van der Waals surface area contributed by atoms with Gasteiger partial charge >= 0.3 is 6.09 Å². The lowest BCUT2D eigenvalue weighted by Crippen LogP contribution is -2.23. The average molecular weight is 294 g/mol. The van der Waals surface area contributed by atoms with Gasteiger partial charge in [-0.05, 0) is 41.1 Å². The van der Waals surface area contributed by atoms with Gasteiger partial charge in [0, 0.05) is 24.2 Å². The molecule has 1 atom stereocenters. The van der Waals surface area contributed by atoms with E-state index in [9.17, 15) is 4.79 Å². The third-order valence-electron chi connectivity index (χ3n) is 3.89. The molecular weight excluding hydrogens is 276 g/mol. The van der Waals surface area contributed by atoms with E-state index in [-0.39, 0.29) is 5.92 Å². The third kappa shape index (κ3) is 3.11. The van der Waals surface area contributed by atoms with Crippen LogP contribution >= 0.6 is 0 Å². The molecule has 2 aromatic carbocycles. The maximum atomic E-state index is 10.7. The molecule has 0 aliphatic carbocycles. The number of H-pyrrole nitrogens is 1. The molecule has 0 bridgehead atoms. The first-order valence-corrected chi connectivity index (χ1v) is 7.33. The summed E-state index contributed by atoms with van der Waals surface area (Å²) in [6, 6.07) is 18.6. The average Bonchev–Trinajstić information content (AvgIpc) is 2.99. The summed E-state index contributed by atoms with van der Waals surface area (Å²) in [6.45, 7) is 0.431. The molecule has 1 aromatic heterocycles. The Morgan fingerprint density at radius 1 is 1.09 bits per heavy atom. The zero-order valence-corrected chi connectivity index (χ0v) is 12.1. The zero-order chi connectivity index (χ0) is 15.4. The van der Waals surface area contributed by atoms with Crippen LogP contribution in [0.1, 0.15) is 23.5 Å². The fraction of sp³-hybridized carbons (Fsp3) is 0.167. The highest BCUT2D eigenvalue weighted by atomic mass is 16.4. The van der Waals surface area contributed by atoms with Crippen LogP contribution < -0.4 is 5.32 Å². The largest absolute Gasteiger partial charge is 0.465 e. The number of carboxylic acid groups (broad SMARTS) is 1. The Hall–Kier alpha value is -2.75. The molecular formula is C18H18N2O2. The van der Waals surface area contributed by atoms with E-state index in [0.717, 1.165) is 11.9 Å². The Labute approximate surface area is 128 Å². The predicted octanol–water partition coefficient (Wildman–Crippen LogP) is 3.96. The van der Waals surface area contributed by atoms with Gasteiger partial charge in [0.05, 0.1) is 0 Å². The first kappa shape index (κ1) is 14.2. The summed E-state index contributed by atoms with van der Waals surface area (Å²) in [4.78, 5) is 13.9. The number of carbonyl (C=O) groups is 1. The van der Waals surface area contributed by atoms with E-state index in [1.807, 2.05) is 24.4 Å². The second-order valence-corrected chi connectivity index (χ2v) is 5.31. The van der Waals surface area contributed by atoms with Gasteiger partial charge in [0.2, 0.25) is 0 Å². The first-order valence-electron chi connectivity index (χ1n) is 7.33. The molecule has 3 N–H and O–H groups in total. The Morgan fingerprint density at radius 3 is 2.68 bits per heavy atom. The first-order chi connectivity index (χ1) is 10.7. The number of aromatic amines is 1. The molecule has 0 saturated heterocycles. The van der Waals surface area contributed by atoms with Crippen molar-refractivity contribution in [3.63, 3.8) is 0 Å². The molecule has 4 heteroatoms. The van der Waals surface area contributed by atoms with Crippen molar-refractivity contribution in [2.24, 2.45) is 0 Å². The summed E-state index contributed by atoms with van der Waals surface area (Å²) in [5.74, 6) is 0.173. The topological polar surface area (TPSA) is 65.1 Å². The summed E-state index contributed by atoms with van der Waals surface area (Å²) >= 11 is 0. The number of amides is 1. The SMILES string of the molecule is O=C(O)NCCC(c1ccccc1)c1ccc2[nH]ccc2c1. The van der Waals surface area contributed by atoms with Crippen LogP contribution in [-0.2, 0) is 0 Å². The number of benzene rings is 2. The fourth-order valence-electron chi connectivity index (χ4n) is 2.82. The van der Waals surface area contributed by atoms with E-state index in [0.29, 0.717) is 6.54 Å². The summed E-state index contributed by atoms with van der Waals surface area (Å²) in [6.07, 6.45) is 1.68. The minimum Gasteiger partial charge on any atom is -0.465 e. The molecule has 1 unspecified atom stereocenters. The van der Waals surface area contributed by atoms with Crippen molar-refractivity contribution in [1.29, 1.82) is 0 Å². The van der Waals surface area contributed by atoms with Crippen molar-refractivity contribution in [2.75, 3.05) is 6.54 Å². The van der Waals surface area contributed by atoms with Crippen LogP contribution in [0.5, 0.6) is 0 Å². The molecule has 0 radical (unpaired) electrons. The number of hydrogen-bond donors (Lipinski definition) is 3. The Balaban J connectivity index is 1.91. The smallest absolute Gasteiger partial charge is 0.404 e. The molecule has 1 amide bonds. The van der Waals surface area contributed by atoms with Gasteiger partial charge in [-0.1, -0.05) is 36.4 Å².